The van der Waals surface area contributed by atoms with E-state index in [0.717, 1.165) is 32.1 Å². The molecule has 5 heteroatoms. The standard InChI is InChI=1S/C28H44O5/c1-5-7-9-13-25(14-10-8-6-2)21-19-12-11-15-26-23(32-24(3,4)33-26)28(30)18(17-29)16-20(31-25)22(21)27(19,26)28/h16,19-23,29-30H,5-15,17H2,1-4H3/t19-,20+,21-,22-,23-,26+,27+,28+/m1/s1. The van der Waals surface area contributed by atoms with E-state index in [9.17, 15) is 10.2 Å². The Hall–Kier alpha value is -0.460. The lowest BCUT2D eigenvalue weighted by molar-refractivity contribution is -0.421. The van der Waals surface area contributed by atoms with E-state index >= 15 is 0 Å². The van der Waals surface area contributed by atoms with Crippen LogP contribution in [0, 0.1) is 23.2 Å². The van der Waals surface area contributed by atoms with E-state index in [4.69, 9.17) is 14.2 Å². The fourth-order valence-corrected chi connectivity index (χ4v) is 10.1. The van der Waals surface area contributed by atoms with Gasteiger partial charge < -0.3 is 24.4 Å². The molecule has 2 saturated heterocycles. The van der Waals surface area contributed by atoms with Gasteiger partial charge in [0.05, 0.1) is 18.3 Å². The van der Waals surface area contributed by atoms with Gasteiger partial charge in [0.2, 0.25) is 0 Å². The molecule has 5 fully saturated rings. The maximum Gasteiger partial charge on any atom is 0.164 e. The third kappa shape index (κ3) is 2.42. The van der Waals surface area contributed by atoms with Crippen LogP contribution in [0.25, 0.3) is 0 Å². The number of fused-ring (bicyclic) bond motifs is 2. The molecule has 4 aliphatic carbocycles. The first-order chi connectivity index (χ1) is 15.8. The van der Waals surface area contributed by atoms with Crippen LogP contribution in [0.4, 0.5) is 0 Å². The van der Waals surface area contributed by atoms with Gasteiger partial charge in [-0.3, -0.25) is 0 Å². The Morgan fingerprint density at radius 3 is 2.33 bits per heavy atom. The Labute approximate surface area is 199 Å². The Kier molecular flexibility index (Phi) is 5.07. The molecule has 0 unspecified atom stereocenters. The number of unbranched alkanes of at least 4 members (excludes halogenated alkanes) is 4. The predicted octanol–water partition coefficient (Wildman–Crippen LogP) is 4.88. The average molecular weight is 461 g/mol. The van der Waals surface area contributed by atoms with Crippen molar-refractivity contribution in [3.8, 4) is 0 Å². The van der Waals surface area contributed by atoms with Crippen LogP contribution in [0.15, 0.2) is 11.6 Å². The molecule has 6 aliphatic rings. The van der Waals surface area contributed by atoms with Gasteiger partial charge in [-0.1, -0.05) is 64.9 Å². The molecule has 2 heterocycles. The second-order valence-electron chi connectivity index (χ2n) is 12.5. The SMILES string of the molecule is CCCCCC1(CCCCC)O[C@H]2C=C(CO)[C@]3(O)[C@@H]4OC(C)(C)O[C@@]45CCC[C@@H]4[C@@H]1[C@@H]2[C@@]453. The van der Waals surface area contributed by atoms with Crippen LogP contribution < -0.4 is 0 Å². The van der Waals surface area contributed by atoms with Gasteiger partial charge in [-0.15, -0.1) is 0 Å². The molecule has 6 rings (SSSR count). The van der Waals surface area contributed by atoms with Crippen molar-refractivity contribution in [3.05, 3.63) is 11.6 Å². The van der Waals surface area contributed by atoms with E-state index < -0.39 is 23.1 Å². The molecular formula is C28H44O5. The van der Waals surface area contributed by atoms with Crippen molar-refractivity contribution < 1.29 is 24.4 Å². The van der Waals surface area contributed by atoms with Crippen LogP contribution in [0.3, 0.4) is 0 Å². The monoisotopic (exact) mass is 460 g/mol. The molecular weight excluding hydrogens is 416 g/mol. The minimum Gasteiger partial charge on any atom is -0.392 e. The summed E-state index contributed by atoms with van der Waals surface area (Å²) in [6, 6.07) is 0. The highest BCUT2D eigenvalue weighted by molar-refractivity contribution is 5.53. The lowest BCUT2D eigenvalue weighted by Crippen LogP contribution is -2.95. The molecule has 0 aromatic rings. The topological polar surface area (TPSA) is 68.2 Å². The van der Waals surface area contributed by atoms with Gasteiger partial charge in [0, 0.05) is 11.3 Å². The molecule has 0 radical (unpaired) electrons. The molecule has 33 heavy (non-hydrogen) atoms. The maximum absolute atomic E-state index is 12.4. The number of ether oxygens (including phenoxy) is 3. The molecule has 186 valence electrons. The second kappa shape index (κ2) is 7.29. The molecule has 2 spiro atoms. The van der Waals surface area contributed by atoms with Gasteiger partial charge in [0.25, 0.3) is 0 Å². The smallest absolute Gasteiger partial charge is 0.164 e. The molecule has 3 saturated carbocycles. The zero-order valence-electron chi connectivity index (χ0n) is 21.1. The van der Waals surface area contributed by atoms with E-state index in [1.807, 2.05) is 13.8 Å². The van der Waals surface area contributed by atoms with E-state index in [0.29, 0.717) is 17.4 Å². The Morgan fingerprint density at radius 1 is 1.00 bits per heavy atom. The second-order valence-corrected chi connectivity index (χ2v) is 12.5. The van der Waals surface area contributed by atoms with Crippen LogP contribution in [0.5, 0.6) is 0 Å². The molecule has 8 atom stereocenters. The molecule has 0 amide bonds. The first-order valence-corrected chi connectivity index (χ1v) is 13.9. The summed E-state index contributed by atoms with van der Waals surface area (Å²) >= 11 is 0. The van der Waals surface area contributed by atoms with Crippen LogP contribution in [-0.2, 0) is 14.2 Å². The van der Waals surface area contributed by atoms with Gasteiger partial charge in [-0.2, -0.15) is 0 Å². The molecule has 0 aromatic heterocycles. The molecule has 2 N–H and O–H groups in total. The zero-order valence-corrected chi connectivity index (χ0v) is 21.1. The van der Waals surface area contributed by atoms with Crippen molar-refractivity contribution in [1.29, 1.82) is 0 Å². The van der Waals surface area contributed by atoms with Gasteiger partial charge in [-0.05, 0) is 56.9 Å². The number of rotatable bonds is 9. The third-order valence-corrected chi connectivity index (χ3v) is 10.7. The first kappa shape index (κ1) is 23.0. The highest BCUT2D eigenvalue weighted by Gasteiger charge is 2.97. The van der Waals surface area contributed by atoms with Gasteiger partial charge in [0.1, 0.15) is 17.3 Å². The number of aliphatic hydroxyl groups is 2. The molecule has 0 bridgehead atoms. The fraction of sp³-hybridized carbons (Fsp3) is 0.929. The molecule has 5 nitrogen and oxygen atoms in total. The highest BCUT2D eigenvalue weighted by Crippen LogP contribution is 2.88. The van der Waals surface area contributed by atoms with Crippen molar-refractivity contribution in [2.75, 3.05) is 6.61 Å². The fourth-order valence-electron chi connectivity index (χ4n) is 10.1. The lowest BCUT2D eigenvalue weighted by atomic mass is 9.21. The number of hydrogen-bond acceptors (Lipinski definition) is 5. The summed E-state index contributed by atoms with van der Waals surface area (Å²) in [5, 5.41) is 22.9. The largest absolute Gasteiger partial charge is 0.392 e. The van der Waals surface area contributed by atoms with Crippen LogP contribution in [-0.4, -0.2) is 51.6 Å². The summed E-state index contributed by atoms with van der Waals surface area (Å²) in [5.41, 5.74) is -1.35. The van der Waals surface area contributed by atoms with E-state index in [-0.39, 0.29) is 29.6 Å². The van der Waals surface area contributed by atoms with Crippen molar-refractivity contribution in [3.63, 3.8) is 0 Å². The highest BCUT2D eigenvalue weighted by atomic mass is 16.8. The Bertz CT molecular complexity index is 826. The van der Waals surface area contributed by atoms with Crippen LogP contribution >= 0.6 is 0 Å². The summed E-state index contributed by atoms with van der Waals surface area (Å²) in [6.07, 6.45) is 14.4. The number of aliphatic hydroxyl groups excluding tert-OH is 1. The van der Waals surface area contributed by atoms with Crippen LogP contribution in [0.1, 0.15) is 98.3 Å². The normalized spacial score (nSPS) is 49.4. The van der Waals surface area contributed by atoms with Crippen molar-refractivity contribution >= 4 is 0 Å². The van der Waals surface area contributed by atoms with Crippen molar-refractivity contribution in [2.45, 2.75) is 133 Å². The first-order valence-electron chi connectivity index (χ1n) is 13.9. The summed E-state index contributed by atoms with van der Waals surface area (Å²) < 4.78 is 20.3. The summed E-state index contributed by atoms with van der Waals surface area (Å²) in [6.45, 7) is 8.36. The molecule has 2 aliphatic heterocycles. The van der Waals surface area contributed by atoms with Gasteiger partial charge >= 0.3 is 0 Å². The van der Waals surface area contributed by atoms with Gasteiger partial charge in [0.15, 0.2) is 5.79 Å². The third-order valence-electron chi connectivity index (χ3n) is 10.7. The lowest BCUT2D eigenvalue weighted by Gasteiger charge is -2.83. The van der Waals surface area contributed by atoms with E-state index in [2.05, 4.69) is 19.9 Å². The number of hydrogen-bond donors (Lipinski definition) is 2. The van der Waals surface area contributed by atoms with Crippen molar-refractivity contribution in [1.82, 2.24) is 0 Å². The summed E-state index contributed by atoms with van der Waals surface area (Å²) in [5.74, 6) is 0.400. The van der Waals surface area contributed by atoms with E-state index in [1.54, 1.807) is 0 Å². The van der Waals surface area contributed by atoms with Crippen LogP contribution in [0.2, 0.25) is 0 Å². The quantitative estimate of drug-likeness (QED) is 0.379. The Balaban J connectivity index is 1.45. The van der Waals surface area contributed by atoms with Gasteiger partial charge in [-0.25, -0.2) is 0 Å². The summed E-state index contributed by atoms with van der Waals surface area (Å²) in [4.78, 5) is 0. The minimum atomic E-state index is -1.13. The molecule has 0 aromatic carbocycles. The zero-order chi connectivity index (χ0) is 23.3. The Morgan fingerprint density at radius 2 is 1.70 bits per heavy atom. The predicted molar refractivity (Wildman–Crippen MR) is 126 cm³/mol. The maximum atomic E-state index is 12.4. The minimum absolute atomic E-state index is 0.0276. The summed E-state index contributed by atoms with van der Waals surface area (Å²) in [7, 11) is 0. The average Bonchev–Trinajstić information content (AvgIpc) is 3.17. The van der Waals surface area contributed by atoms with Crippen molar-refractivity contribution in [2.24, 2.45) is 23.2 Å². The van der Waals surface area contributed by atoms with E-state index in [1.165, 1.54) is 38.5 Å².